The maximum atomic E-state index is 11.7. The molecule has 0 unspecified atom stereocenters. The third-order valence-electron chi connectivity index (χ3n) is 7.87. The zero-order chi connectivity index (χ0) is 30.0. The molecule has 7 heteroatoms. The zero-order valence-corrected chi connectivity index (χ0v) is 26.7. The lowest BCUT2D eigenvalue weighted by molar-refractivity contribution is -0.139. The van der Waals surface area contributed by atoms with Crippen LogP contribution in [-0.2, 0) is 40.0 Å². The van der Waals surface area contributed by atoms with Gasteiger partial charge in [0.15, 0.2) is 8.32 Å². The second-order valence-electron chi connectivity index (χ2n) is 12.3. The molecule has 0 aromatic heterocycles. The van der Waals surface area contributed by atoms with Gasteiger partial charge in [-0.15, -0.1) is 0 Å². The van der Waals surface area contributed by atoms with Crippen molar-refractivity contribution in [3.05, 3.63) is 101 Å². The van der Waals surface area contributed by atoms with Gasteiger partial charge in [-0.05, 0) is 65.9 Å². The van der Waals surface area contributed by atoms with Crippen molar-refractivity contribution in [1.82, 2.24) is 5.32 Å². The van der Waals surface area contributed by atoms with Gasteiger partial charge in [0.1, 0.15) is 12.4 Å². The Morgan fingerprint density at radius 3 is 2.29 bits per heavy atom. The van der Waals surface area contributed by atoms with E-state index in [1.807, 2.05) is 54.6 Å². The molecule has 41 heavy (non-hydrogen) atoms. The summed E-state index contributed by atoms with van der Waals surface area (Å²) in [6, 6.07) is 24.3. The summed E-state index contributed by atoms with van der Waals surface area (Å²) < 4.78 is 17.8. The fourth-order valence-corrected chi connectivity index (χ4v) is 5.68. The molecule has 0 amide bonds. The van der Waals surface area contributed by atoms with Crippen LogP contribution in [-0.4, -0.2) is 39.1 Å². The molecule has 0 saturated heterocycles. The number of methoxy groups -OCH3 is 1. The van der Waals surface area contributed by atoms with Gasteiger partial charge in [-0.2, -0.15) is 0 Å². The maximum Gasteiger partial charge on any atom is 0.309 e. The molecule has 0 bridgehead atoms. The first-order valence-electron chi connectivity index (χ1n) is 14.4. The van der Waals surface area contributed by atoms with Gasteiger partial charge in [0.05, 0.1) is 26.2 Å². The van der Waals surface area contributed by atoms with Crippen molar-refractivity contribution in [2.75, 3.05) is 13.7 Å². The van der Waals surface area contributed by atoms with Gasteiger partial charge in [0.2, 0.25) is 0 Å². The SMILES string of the molecule is COC(=O)Cc1cccc(C[C@@H](C)NC[C@@H](O[Si](C)(C)C(C)(C)C)c2ccc(OCc3ccccc3)c(CO)c2)c1. The van der Waals surface area contributed by atoms with Crippen LogP contribution < -0.4 is 10.1 Å². The molecular formula is C34H47NO5Si. The number of rotatable bonds is 14. The Morgan fingerprint density at radius 1 is 0.951 bits per heavy atom. The minimum absolute atomic E-state index is 0.0511. The number of ether oxygens (including phenoxy) is 2. The van der Waals surface area contributed by atoms with Gasteiger partial charge in [-0.25, -0.2) is 0 Å². The molecular weight excluding hydrogens is 530 g/mol. The van der Waals surface area contributed by atoms with E-state index in [1.165, 1.54) is 7.11 Å². The number of hydrogen-bond acceptors (Lipinski definition) is 6. The molecule has 0 saturated carbocycles. The average molecular weight is 578 g/mol. The molecule has 0 radical (unpaired) electrons. The summed E-state index contributed by atoms with van der Waals surface area (Å²) in [5, 5.41) is 13.9. The largest absolute Gasteiger partial charge is 0.489 e. The van der Waals surface area contributed by atoms with E-state index in [9.17, 15) is 9.90 Å². The number of nitrogens with one attached hydrogen (secondary N) is 1. The molecule has 222 valence electrons. The monoisotopic (exact) mass is 577 g/mol. The average Bonchev–Trinajstić information content (AvgIpc) is 2.94. The minimum atomic E-state index is -2.10. The first-order valence-corrected chi connectivity index (χ1v) is 17.3. The van der Waals surface area contributed by atoms with Gasteiger partial charge in [-0.3, -0.25) is 4.79 Å². The van der Waals surface area contributed by atoms with Crippen LogP contribution in [0.15, 0.2) is 72.8 Å². The van der Waals surface area contributed by atoms with Gasteiger partial charge in [-0.1, -0.05) is 81.4 Å². The molecule has 0 spiro atoms. The van der Waals surface area contributed by atoms with Crippen molar-refractivity contribution in [1.29, 1.82) is 0 Å². The summed E-state index contributed by atoms with van der Waals surface area (Å²) in [4.78, 5) is 11.7. The van der Waals surface area contributed by atoms with E-state index in [4.69, 9.17) is 13.9 Å². The molecule has 0 heterocycles. The summed E-state index contributed by atoms with van der Waals surface area (Å²) in [6.07, 6.45) is 0.903. The number of benzene rings is 3. The molecule has 0 aliphatic carbocycles. The summed E-state index contributed by atoms with van der Waals surface area (Å²) in [5.74, 6) is 0.442. The minimum Gasteiger partial charge on any atom is -0.489 e. The van der Waals surface area contributed by atoms with Gasteiger partial charge >= 0.3 is 5.97 Å². The fourth-order valence-electron chi connectivity index (χ4n) is 4.40. The predicted octanol–water partition coefficient (Wildman–Crippen LogP) is 6.76. The van der Waals surface area contributed by atoms with Crippen LogP contribution in [0.25, 0.3) is 0 Å². The second-order valence-corrected chi connectivity index (χ2v) is 17.0. The number of carbonyl (C=O) groups excluding carboxylic acids is 1. The smallest absolute Gasteiger partial charge is 0.309 e. The zero-order valence-electron chi connectivity index (χ0n) is 25.7. The van der Waals surface area contributed by atoms with E-state index in [-0.39, 0.29) is 36.2 Å². The van der Waals surface area contributed by atoms with E-state index in [2.05, 4.69) is 64.3 Å². The lowest BCUT2D eigenvalue weighted by atomic mass is 10.0. The van der Waals surface area contributed by atoms with Gasteiger partial charge < -0.3 is 24.3 Å². The number of aliphatic hydroxyl groups excluding tert-OH is 1. The van der Waals surface area contributed by atoms with Crippen LogP contribution in [0.3, 0.4) is 0 Å². The van der Waals surface area contributed by atoms with E-state index in [0.717, 1.165) is 34.2 Å². The lowest BCUT2D eigenvalue weighted by Crippen LogP contribution is -2.44. The van der Waals surface area contributed by atoms with Crippen LogP contribution in [0.4, 0.5) is 0 Å². The van der Waals surface area contributed by atoms with Crippen LogP contribution in [0.1, 0.15) is 61.6 Å². The van der Waals surface area contributed by atoms with E-state index < -0.39 is 8.32 Å². The maximum absolute atomic E-state index is 11.7. The predicted molar refractivity (Wildman–Crippen MR) is 167 cm³/mol. The summed E-state index contributed by atoms with van der Waals surface area (Å²) >= 11 is 0. The first-order chi connectivity index (χ1) is 19.4. The fraction of sp³-hybridized carbons (Fsp3) is 0.441. The third-order valence-corrected chi connectivity index (χ3v) is 12.4. The van der Waals surface area contributed by atoms with Gasteiger partial charge in [0, 0.05) is 18.2 Å². The lowest BCUT2D eigenvalue weighted by Gasteiger charge is -2.40. The Kier molecular flexibility index (Phi) is 11.7. The highest BCUT2D eigenvalue weighted by Crippen LogP contribution is 2.40. The Balaban J connectivity index is 1.76. The van der Waals surface area contributed by atoms with E-state index in [1.54, 1.807) is 0 Å². The molecule has 3 aromatic carbocycles. The number of carbonyl (C=O) groups is 1. The molecule has 3 rings (SSSR count). The summed E-state index contributed by atoms with van der Waals surface area (Å²) in [5.41, 5.74) is 4.96. The van der Waals surface area contributed by atoms with Crippen molar-refractivity contribution in [3.8, 4) is 5.75 Å². The Morgan fingerprint density at radius 2 is 1.63 bits per heavy atom. The number of esters is 1. The Hall–Kier alpha value is -2.97. The van der Waals surface area contributed by atoms with Crippen molar-refractivity contribution in [2.24, 2.45) is 0 Å². The van der Waals surface area contributed by atoms with Crippen molar-refractivity contribution >= 4 is 14.3 Å². The van der Waals surface area contributed by atoms with Crippen molar-refractivity contribution in [2.45, 2.75) is 84.0 Å². The standard InChI is InChI=1S/C34H47NO5Si/c1-25(18-27-14-11-15-28(19-27)20-33(37)38-5)35-22-32(40-41(6,7)34(2,3)4)29-16-17-31(30(21-29)23-36)39-24-26-12-9-8-10-13-26/h8-17,19,21,25,32,35-36H,18,20,22-24H2,1-7H3/t25-,32-/m1/s1. The summed E-state index contributed by atoms with van der Waals surface area (Å²) in [7, 11) is -0.690. The molecule has 0 aliphatic rings. The third kappa shape index (κ3) is 9.82. The summed E-state index contributed by atoms with van der Waals surface area (Å²) in [6.45, 7) is 14.4. The Labute approximate surface area is 247 Å². The molecule has 0 fully saturated rings. The topological polar surface area (TPSA) is 77.0 Å². The second kappa shape index (κ2) is 14.8. The van der Waals surface area contributed by atoms with Crippen molar-refractivity contribution < 1.29 is 23.8 Å². The Bertz CT molecular complexity index is 1260. The molecule has 2 N–H and O–H groups in total. The van der Waals surface area contributed by atoms with Crippen LogP contribution in [0, 0.1) is 0 Å². The molecule has 2 atom stereocenters. The highest BCUT2D eigenvalue weighted by molar-refractivity contribution is 6.74. The van der Waals surface area contributed by atoms with Crippen LogP contribution in [0.2, 0.25) is 18.1 Å². The van der Waals surface area contributed by atoms with Crippen LogP contribution in [0.5, 0.6) is 5.75 Å². The van der Waals surface area contributed by atoms with Crippen molar-refractivity contribution in [3.63, 3.8) is 0 Å². The van der Waals surface area contributed by atoms with E-state index in [0.29, 0.717) is 18.9 Å². The number of hydrogen-bond donors (Lipinski definition) is 2. The number of aliphatic hydroxyl groups is 1. The molecule has 3 aromatic rings. The molecule has 0 aliphatic heterocycles. The van der Waals surface area contributed by atoms with Crippen LogP contribution >= 0.6 is 0 Å². The van der Waals surface area contributed by atoms with E-state index >= 15 is 0 Å². The highest BCUT2D eigenvalue weighted by Gasteiger charge is 2.39. The quantitative estimate of drug-likeness (QED) is 0.163. The normalized spacial score (nSPS) is 13.5. The first kappa shape index (κ1) is 32.5. The molecule has 6 nitrogen and oxygen atoms in total. The van der Waals surface area contributed by atoms with Gasteiger partial charge in [0.25, 0.3) is 0 Å². The highest BCUT2D eigenvalue weighted by atomic mass is 28.4.